The summed E-state index contributed by atoms with van der Waals surface area (Å²) in [7, 11) is 0. The summed E-state index contributed by atoms with van der Waals surface area (Å²) in [6, 6.07) is 17.6. The van der Waals surface area contributed by atoms with E-state index in [1.54, 1.807) is 6.07 Å². The molecule has 0 bridgehead atoms. The van der Waals surface area contributed by atoms with Crippen molar-refractivity contribution >= 4 is 29.1 Å². The Balaban J connectivity index is 1.46. The number of hydrogen-bond acceptors (Lipinski definition) is 4. The first-order valence-electron chi connectivity index (χ1n) is 9.34. The number of aromatic nitrogens is 2. The summed E-state index contributed by atoms with van der Waals surface area (Å²) < 4.78 is 0. The lowest BCUT2D eigenvalue weighted by Crippen LogP contribution is -2.28. The van der Waals surface area contributed by atoms with E-state index in [1.165, 1.54) is 5.56 Å². The molecule has 3 aromatic rings. The fourth-order valence-corrected chi connectivity index (χ4v) is 3.52. The summed E-state index contributed by atoms with van der Waals surface area (Å²) in [6.07, 6.45) is 1.69. The Morgan fingerprint density at radius 3 is 2.75 bits per heavy atom. The zero-order valence-corrected chi connectivity index (χ0v) is 16.4. The summed E-state index contributed by atoms with van der Waals surface area (Å²) in [5, 5.41) is 3.65. The lowest BCUT2D eigenvalue weighted by Gasteiger charge is -2.18. The van der Waals surface area contributed by atoms with E-state index < -0.39 is 0 Å². The van der Waals surface area contributed by atoms with Crippen LogP contribution in [0.5, 0.6) is 0 Å². The molecule has 1 aromatic heterocycles. The van der Waals surface area contributed by atoms with Crippen LogP contribution >= 0.6 is 11.6 Å². The van der Waals surface area contributed by atoms with Gasteiger partial charge in [-0.15, -0.1) is 0 Å². The number of hydrogen-bond donors (Lipinski definition) is 1. The van der Waals surface area contributed by atoms with Crippen LogP contribution in [0.2, 0.25) is 5.02 Å². The van der Waals surface area contributed by atoms with Crippen molar-refractivity contribution in [2.45, 2.75) is 19.8 Å². The van der Waals surface area contributed by atoms with Crippen LogP contribution in [0.3, 0.4) is 0 Å². The van der Waals surface area contributed by atoms with Gasteiger partial charge in [-0.05, 0) is 55.2 Å². The highest BCUT2D eigenvalue weighted by Gasteiger charge is 2.23. The summed E-state index contributed by atoms with van der Waals surface area (Å²) in [4.78, 5) is 23.8. The van der Waals surface area contributed by atoms with Gasteiger partial charge in [-0.25, -0.2) is 9.97 Å². The molecule has 4 rings (SSSR count). The number of benzene rings is 2. The van der Waals surface area contributed by atoms with E-state index in [0.717, 1.165) is 36.3 Å². The van der Waals surface area contributed by atoms with Crippen LogP contribution in [0.1, 0.15) is 27.3 Å². The second kappa shape index (κ2) is 7.98. The fraction of sp³-hybridized carbons (Fsp3) is 0.227. The maximum atomic E-state index is 12.6. The van der Waals surface area contributed by atoms with Crippen LogP contribution in [-0.2, 0) is 12.8 Å². The van der Waals surface area contributed by atoms with Crippen molar-refractivity contribution in [1.82, 2.24) is 15.3 Å². The van der Waals surface area contributed by atoms with Crippen LogP contribution in [0.4, 0.5) is 11.6 Å². The average molecular weight is 393 g/mol. The Morgan fingerprint density at radius 1 is 1.14 bits per heavy atom. The molecule has 2 aromatic carbocycles. The normalized spacial score (nSPS) is 12.7. The van der Waals surface area contributed by atoms with Crippen molar-refractivity contribution in [3.8, 4) is 0 Å². The van der Waals surface area contributed by atoms with E-state index in [0.29, 0.717) is 23.2 Å². The highest BCUT2D eigenvalue weighted by atomic mass is 35.5. The molecule has 0 spiro atoms. The van der Waals surface area contributed by atoms with Gasteiger partial charge in [0, 0.05) is 29.5 Å². The van der Waals surface area contributed by atoms with E-state index in [-0.39, 0.29) is 5.91 Å². The first-order chi connectivity index (χ1) is 13.6. The third-order valence-electron chi connectivity index (χ3n) is 4.82. The second-order valence-electron chi connectivity index (χ2n) is 6.86. The molecule has 0 atom stereocenters. The molecule has 0 saturated heterocycles. The Kier molecular flexibility index (Phi) is 5.26. The summed E-state index contributed by atoms with van der Waals surface area (Å²) in [5.74, 6) is 0.390. The van der Waals surface area contributed by atoms with Gasteiger partial charge in [-0.1, -0.05) is 41.9 Å². The number of halogens is 1. The van der Waals surface area contributed by atoms with Gasteiger partial charge in [-0.2, -0.15) is 0 Å². The Hall–Kier alpha value is -2.92. The van der Waals surface area contributed by atoms with E-state index in [2.05, 4.69) is 32.3 Å². The molecule has 1 aliphatic rings. The monoisotopic (exact) mass is 392 g/mol. The predicted octanol–water partition coefficient (Wildman–Crippen LogP) is 4.11. The van der Waals surface area contributed by atoms with E-state index in [4.69, 9.17) is 11.6 Å². The molecule has 6 heteroatoms. The first-order valence-corrected chi connectivity index (χ1v) is 9.72. The average Bonchev–Trinajstić information content (AvgIpc) is 3.13. The number of amides is 1. The molecule has 2 heterocycles. The molecule has 5 nitrogen and oxygen atoms in total. The van der Waals surface area contributed by atoms with Crippen molar-refractivity contribution < 1.29 is 4.79 Å². The van der Waals surface area contributed by atoms with Crippen LogP contribution < -0.4 is 10.2 Å². The van der Waals surface area contributed by atoms with Gasteiger partial charge < -0.3 is 10.2 Å². The molecule has 1 N–H and O–H groups in total. The van der Waals surface area contributed by atoms with Crippen molar-refractivity contribution in [2.24, 2.45) is 0 Å². The predicted molar refractivity (Wildman–Crippen MR) is 111 cm³/mol. The highest BCUT2D eigenvalue weighted by molar-refractivity contribution is 6.30. The number of nitrogens with one attached hydrogen (secondary N) is 1. The van der Waals surface area contributed by atoms with Gasteiger partial charge in [0.1, 0.15) is 5.69 Å². The van der Waals surface area contributed by atoms with Gasteiger partial charge in [-0.3, -0.25) is 4.79 Å². The van der Waals surface area contributed by atoms with E-state index in [1.807, 2.05) is 43.3 Å². The molecule has 1 aliphatic heterocycles. The number of carbonyl (C=O) groups excluding carboxylic acids is 1. The number of anilines is 2. The van der Waals surface area contributed by atoms with Crippen molar-refractivity contribution in [3.05, 3.63) is 82.1 Å². The third kappa shape index (κ3) is 3.99. The third-order valence-corrected chi connectivity index (χ3v) is 5.07. The lowest BCUT2D eigenvalue weighted by atomic mass is 10.1. The topological polar surface area (TPSA) is 58.1 Å². The maximum Gasteiger partial charge on any atom is 0.270 e. The lowest BCUT2D eigenvalue weighted by molar-refractivity contribution is 0.0949. The van der Waals surface area contributed by atoms with Gasteiger partial charge in [0.05, 0.1) is 0 Å². The molecular formula is C22H21ClN4O. The Morgan fingerprint density at radius 2 is 1.93 bits per heavy atom. The Bertz CT molecular complexity index is 1000. The minimum atomic E-state index is -0.187. The zero-order chi connectivity index (χ0) is 19.5. The quantitative estimate of drug-likeness (QED) is 0.710. The Labute approximate surface area is 169 Å². The number of aryl methyl sites for hydroxylation is 1. The summed E-state index contributed by atoms with van der Waals surface area (Å²) in [6.45, 7) is 3.24. The van der Waals surface area contributed by atoms with Crippen LogP contribution in [0, 0.1) is 6.92 Å². The molecule has 28 heavy (non-hydrogen) atoms. The standard InChI is InChI=1S/C22H21ClN4O/c1-15-14-19(21(28)24-12-10-16-6-8-18(23)9-7-16)26-22(25-15)27-13-11-17-4-2-3-5-20(17)27/h2-9,14H,10-13H2,1H3,(H,24,28). The fourth-order valence-electron chi connectivity index (χ4n) is 3.40. The number of rotatable bonds is 5. The van der Waals surface area contributed by atoms with Crippen LogP contribution in [-0.4, -0.2) is 29.0 Å². The van der Waals surface area contributed by atoms with Crippen molar-refractivity contribution in [1.29, 1.82) is 0 Å². The van der Waals surface area contributed by atoms with Gasteiger partial charge in [0.25, 0.3) is 5.91 Å². The van der Waals surface area contributed by atoms with Gasteiger partial charge in [0.2, 0.25) is 5.95 Å². The molecular weight excluding hydrogens is 372 g/mol. The molecule has 0 radical (unpaired) electrons. The minimum absolute atomic E-state index is 0.187. The van der Waals surface area contributed by atoms with E-state index >= 15 is 0 Å². The second-order valence-corrected chi connectivity index (χ2v) is 7.29. The molecule has 142 valence electrons. The number of nitrogens with zero attached hydrogens (tertiary/aromatic N) is 3. The molecule has 0 aliphatic carbocycles. The van der Waals surface area contributed by atoms with Crippen LogP contribution in [0.15, 0.2) is 54.6 Å². The summed E-state index contributed by atoms with van der Waals surface area (Å²) in [5.41, 5.74) is 4.68. The van der Waals surface area contributed by atoms with E-state index in [9.17, 15) is 4.79 Å². The molecule has 1 amide bonds. The number of fused-ring (bicyclic) bond motifs is 1. The highest BCUT2D eigenvalue weighted by Crippen LogP contribution is 2.32. The smallest absolute Gasteiger partial charge is 0.270 e. The van der Waals surface area contributed by atoms with Crippen LogP contribution in [0.25, 0.3) is 0 Å². The van der Waals surface area contributed by atoms with Gasteiger partial charge in [0.15, 0.2) is 0 Å². The van der Waals surface area contributed by atoms with Gasteiger partial charge >= 0.3 is 0 Å². The summed E-state index contributed by atoms with van der Waals surface area (Å²) >= 11 is 5.90. The SMILES string of the molecule is Cc1cc(C(=O)NCCc2ccc(Cl)cc2)nc(N2CCc3ccccc32)n1. The number of carbonyl (C=O) groups is 1. The minimum Gasteiger partial charge on any atom is -0.350 e. The molecule has 0 unspecified atom stereocenters. The largest absolute Gasteiger partial charge is 0.350 e. The number of para-hydroxylation sites is 1. The first kappa shape index (κ1) is 18.4. The van der Waals surface area contributed by atoms with Crippen molar-refractivity contribution in [2.75, 3.05) is 18.0 Å². The van der Waals surface area contributed by atoms with Crippen molar-refractivity contribution in [3.63, 3.8) is 0 Å². The molecule has 0 fully saturated rings. The molecule has 0 saturated carbocycles. The zero-order valence-electron chi connectivity index (χ0n) is 15.7. The maximum absolute atomic E-state index is 12.6.